The first-order chi connectivity index (χ1) is 8.14. The van der Waals surface area contributed by atoms with Gasteiger partial charge in [-0.25, -0.2) is 9.59 Å². The van der Waals surface area contributed by atoms with Crippen molar-refractivity contribution in [1.82, 2.24) is 0 Å². The first-order valence-electron chi connectivity index (χ1n) is 4.95. The van der Waals surface area contributed by atoms with Crippen LogP contribution in [0, 0.1) is 0 Å². The van der Waals surface area contributed by atoms with Gasteiger partial charge in [0.05, 0.1) is 0 Å². The van der Waals surface area contributed by atoms with Gasteiger partial charge in [-0.1, -0.05) is 13.3 Å². The van der Waals surface area contributed by atoms with Crippen molar-refractivity contribution in [3.8, 4) is 0 Å². The molecule has 0 aromatic carbocycles. The Balaban J connectivity index is 0. The van der Waals surface area contributed by atoms with Gasteiger partial charge in [0.25, 0.3) is 0 Å². The fraction of sp³-hybridized carbons (Fsp3) is 0.667. The highest BCUT2D eigenvalue weighted by atomic mass is 16.4. The Bertz CT molecular complexity index is 274. The van der Waals surface area contributed by atoms with Gasteiger partial charge < -0.3 is 31.3 Å². The largest absolute Gasteiger partial charge is 0.480 e. The summed E-state index contributed by atoms with van der Waals surface area (Å²) in [5.41, 5.74) is 5.13. The van der Waals surface area contributed by atoms with E-state index in [-0.39, 0.29) is 0 Å². The number of hydrogen-bond donors (Lipinski definition) is 6. The van der Waals surface area contributed by atoms with Gasteiger partial charge in [0.15, 0.2) is 12.2 Å². The molecule has 7 N–H and O–H groups in total. The third-order valence-corrected chi connectivity index (χ3v) is 1.72. The van der Waals surface area contributed by atoms with E-state index < -0.39 is 36.2 Å². The normalized spacial score (nSPS) is 14.7. The fourth-order valence-corrected chi connectivity index (χ4v) is 0.705. The van der Waals surface area contributed by atoms with Gasteiger partial charge in [0, 0.05) is 0 Å². The Morgan fingerprint density at radius 3 is 1.39 bits per heavy atom. The summed E-state index contributed by atoms with van der Waals surface area (Å²) in [7, 11) is 0. The molecular formula is C9H17NO8. The molecule has 9 heteroatoms. The van der Waals surface area contributed by atoms with E-state index in [2.05, 4.69) is 0 Å². The summed E-state index contributed by atoms with van der Waals surface area (Å²) >= 11 is 0. The van der Waals surface area contributed by atoms with Crippen molar-refractivity contribution in [2.45, 2.75) is 38.0 Å². The van der Waals surface area contributed by atoms with Crippen molar-refractivity contribution in [3.63, 3.8) is 0 Å². The van der Waals surface area contributed by atoms with Gasteiger partial charge >= 0.3 is 17.9 Å². The molecule has 0 aliphatic rings. The van der Waals surface area contributed by atoms with Crippen LogP contribution in [0.1, 0.15) is 19.8 Å². The van der Waals surface area contributed by atoms with E-state index in [9.17, 15) is 14.4 Å². The Morgan fingerprint density at radius 1 is 0.944 bits per heavy atom. The van der Waals surface area contributed by atoms with Crippen molar-refractivity contribution in [3.05, 3.63) is 0 Å². The molecule has 3 atom stereocenters. The number of aliphatic hydroxyl groups is 2. The molecule has 0 rings (SSSR count). The molecule has 0 bridgehead atoms. The molecule has 0 amide bonds. The van der Waals surface area contributed by atoms with E-state index in [1.54, 1.807) is 0 Å². The van der Waals surface area contributed by atoms with Crippen LogP contribution in [0.25, 0.3) is 0 Å². The Labute approximate surface area is 102 Å². The third kappa shape index (κ3) is 8.44. The second-order valence-corrected chi connectivity index (χ2v) is 3.30. The van der Waals surface area contributed by atoms with E-state index in [0.29, 0.717) is 6.42 Å². The predicted octanol–water partition coefficient (Wildman–Crippen LogP) is -1.92. The molecule has 106 valence electrons. The molecule has 0 saturated heterocycles. The van der Waals surface area contributed by atoms with E-state index in [1.165, 1.54) is 0 Å². The first-order valence-corrected chi connectivity index (χ1v) is 4.95. The summed E-state index contributed by atoms with van der Waals surface area (Å²) in [5.74, 6) is -4.45. The van der Waals surface area contributed by atoms with E-state index in [1.807, 2.05) is 6.92 Å². The molecule has 0 saturated carbocycles. The monoisotopic (exact) mass is 267 g/mol. The molecule has 0 aliphatic carbocycles. The highest BCUT2D eigenvalue weighted by Gasteiger charge is 2.29. The van der Waals surface area contributed by atoms with Gasteiger partial charge in [0.2, 0.25) is 0 Å². The van der Waals surface area contributed by atoms with Crippen LogP contribution in [0.5, 0.6) is 0 Å². The second-order valence-electron chi connectivity index (χ2n) is 3.30. The molecule has 3 unspecified atom stereocenters. The molecule has 0 aliphatic heterocycles. The van der Waals surface area contributed by atoms with Crippen molar-refractivity contribution in [2.75, 3.05) is 0 Å². The maximum atomic E-state index is 9.96. The minimum atomic E-state index is -2.27. The second kappa shape index (κ2) is 9.33. The molecule has 0 fully saturated rings. The summed E-state index contributed by atoms with van der Waals surface area (Å²) in [6, 6.07) is -0.667. The zero-order valence-corrected chi connectivity index (χ0v) is 9.68. The summed E-state index contributed by atoms with van der Waals surface area (Å²) in [6.45, 7) is 1.91. The number of carbonyl (C=O) groups is 3. The number of aliphatic carboxylic acids is 3. The smallest absolute Gasteiger partial charge is 0.335 e. The number of carboxylic acid groups (broad SMARTS) is 3. The Morgan fingerprint density at radius 2 is 1.28 bits per heavy atom. The van der Waals surface area contributed by atoms with Crippen molar-refractivity contribution in [1.29, 1.82) is 0 Å². The van der Waals surface area contributed by atoms with Crippen molar-refractivity contribution < 1.29 is 39.9 Å². The van der Waals surface area contributed by atoms with E-state index in [0.717, 1.165) is 6.42 Å². The number of rotatable bonds is 6. The lowest BCUT2D eigenvalue weighted by atomic mass is 10.2. The molecule has 0 spiro atoms. The zero-order chi connectivity index (χ0) is 14.9. The van der Waals surface area contributed by atoms with Crippen LogP contribution in [0.3, 0.4) is 0 Å². The fourth-order valence-electron chi connectivity index (χ4n) is 0.705. The minimum Gasteiger partial charge on any atom is -0.480 e. The highest BCUT2D eigenvalue weighted by Crippen LogP contribution is 1.92. The predicted molar refractivity (Wildman–Crippen MR) is 57.8 cm³/mol. The van der Waals surface area contributed by atoms with Crippen LogP contribution in [0.2, 0.25) is 0 Å². The van der Waals surface area contributed by atoms with Crippen molar-refractivity contribution in [2.24, 2.45) is 5.73 Å². The van der Waals surface area contributed by atoms with Crippen LogP contribution in [0.4, 0.5) is 0 Å². The molecule has 18 heavy (non-hydrogen) atoms. The molecule has 9 nitrogen and oxygen atoms in total. The summed E-state index contributed by atoms with van der Waals surface area (Å²) in [6.07, 6.45) is -3.14. The van der Waals surface area contributed by atoms with E-state index in [4.69, 9.17) is 31.3 Å². The molecular weight excluding hydrogens is 250 g/mol. The first kappa shape index (κ1) is 18.6. The van der Waals surface area contributed by atoms with Crippen LogP contribution < -0.4 is 5.73 Å². The topological polar surface area (TPSA) is 178 Å². The van der Waals surface area contributed by atoms with Crippen LogP contribution >= 0.6 is 0 Å². The van der Waals surface area contributed by atoms with Crippen LogP contribution in [-0.2, 0) is 14.4 Å². The third-order valence-electron chi connectivity index (χ3n) is 1.72. The number of carboxylic acids is 3. The summed E-state index contributed by atoms with van der Waals surface area (Å²) in [5, 5.41) is 40.7. The quantitative estimate of drug-likeness (QED) is 0.319. The SMILES string of the molecule is CCCC(N)C(=O)O.O=C(O)C(O)C(O)C(=O)O. The maximum Gasteiger partial charge on any atom is 0.335 e. The van der Waals surface area contributed by atoms with Crippen LogP contribution in [0.15, 0.2) is 0 Å². The van der Waals surface area contributed by atoms with Gasteiger partial charge in [-0.3, -0.25) is 4.79 Å². The lowest BCUT2D eigenvalue weighted by Gasteiger charge is -2.07. The minimum absolute atomic E-state index is 0.565. The molecule has 0 heterocycles. The Hall–Kier alpha value is -1.71. The standard InChI is InChI=1S/C5H11NO2.C4H6O6/c1-2-3-4(6)5(7)8;5-1(3(7)8)2(6)4(9)10/h4H,2-3,6H2,1H3,(H,7,8);1-2,5-6H,(H,7,8)(H,9,10). The average Bonchev–Trinajstić information content (AvgIpc) is 2.27. The summed E-state index contributed by atoms with van der Waals surface area (Å²) < 4.78 is 0. The summed E-state index contributed by atoms with van der Waals surface area (Å²) in [4.78, 5) is 29.5. The average molecular weight is 267 g/mol. The Kier molecular flexibility index (Phi) is 9.67. The van der Waals surface area contributed by atoms with Gasteiger partial charge in [-0.15, -0.1) is 0 Å². The maximum absolute atomic E-state index is 9.96. The van der Waals surface area contributed by atoms with Gasteiger partial charge in [-0.05, 0) is 6.42 Å². The number of aliphatic hydroxyl groups excluding tert-OH is 2. The van der Waals surface area contributed by atoms with E-state index >= 15 is 0 Å². The lowest BCUT2D eigenvalue weighted by Crippen LogP contribution is -2.39. The molecule has 0 aromatic heterocycles. The molecule has 0 aromatic rings. The van der Waals surface area contributed by atoms with Crippen molar-refractivity contribution >= 4 is 17.9 Å². The molecule has 0 radical (unpaired) electrons. The van der Waals surface area contributed by atoms with Gasteiger partial charge in [-0.2, -0.15) is 0 Å². The number of nitrogens with two attached hydrogens (primary N) is 1. The highest BCUT2D eigenvalue weighted by molar-refractivity contribution is 5.83. The van der Waals surface area contributed by atoms with Gasteiger partial charge in [0.1, 0.15) is 6.04 Å². The van der Waals surface area contributed by atoms with Crippen LogP contribution in [-0.4, -0.2) is 61.7 Å². The zero-order valence-electron chi connectivity index (χ0n) is 9.68. The number of hydrogen-bond acceptors (Lipinski definition) is 6. The lowest BCUT2D eigenvalue weighted by molar-refractivity contribution is -0.165.